The second-order valence-electron chi connectivity index (χ2n) is 6.52. The zero-order chi connectivity index (χ0) is 19.3. The first kappa shape index (κ1) is 18.1. The van der Waals surface area contributed by atoms with Gasteiger partial charge in [-0.1, -0.05) is 60.7 Å². The molecule has 3 nitrogen and oxygen atoms in total. The maximum absolute atomic E-state index is 13.7. The fraction of sp³-hybridized carbons (Fsp3) is 0.125. The number of ether oxygens (including phenoxy) is 1. The lowest BCUT2D eigenvalue weighted by atomic mass is 10.0. The molecule has 1 heterocycles. The van der Waals surface area contributed by atoms with Crippen molar-refractivity contribution in [1.82, 2.24) is 0 Å². The van der Waals surface area contributed by atoms with E-state index in [1.807, 2.05) is 60.7 Å². The molecule has 0 aliphatic carbocycles. The van der Waals surface area contributed by atoms with Gasteiger partial charge >= 0.3 is 0 Å². The molecule has 0 radical (unpaired) electrons. The van der Waals surface area contributed by atoms with Gasteiger partial charge < -0.3 is 9.15 Å². The molecular weight excluding hydrogens is 355 g/mol. The number of halogens is 1. The molecule has 1 aromatic heterocycles. The molecule has 4 aromatic rings. The second-order valence-corrected chi connectivity index (χ2v) is 6.52. The standard InChI is InChI=1S/C24H19FO3/c25-19-11-12-21-20(15-19)24(26)23(18-9-5-2-6-10-18)22(28-21)13-14-27-16-17-7-3-1-4-8-17/h1-12,15H,13-14,16H2. The van der Waals surface area contributed by atoms with Gasteiger partial charge in [-0.05, 0) is 29.3 Å². The minimum atomic E-state index is -0.460. The van der Waals surface area contributed by atoms with E-state index < -0.39 is 5.82 Å². The summed E-state index contributed by atoms with van der Waals surface area (Å²) in [6.07, 6.45) is 0.444. The fourth-order valence-electron chi connectivity index (χ4n) is 3.22. The van der Waals surface area contributed by atoms with Gasteiger partial charge in [0.05, 0.1) is 24.2 Å². The summed E-state index contributed by atoms with van der Waals surface area (Å²) in [5.74, 6) is 0.0844. The molecule has 0 fully saturated rings. The molecule has 0 N–H and O–H groups in total. The van der Waals surface area contributed by atoms with E-state index in [4.69, 9.17) is 9.15 Å². The Morgan fingerprint density at radius 1 is 0.893 bits per heavy atom. The average molecular weight is 374 g/mol. The average Bonchev–Trinajstić information content (AvgIpc) is 2.73. The van der Waals surface area contributed by atoms with Gasteiger partial charge in [0.2, 0.25) is 5.43 Å². The first-order valence-electron chi connectivity index (χ1n) is 9.15. The monoisotopic (exact) mass is 374 g/mol. The number of fused-ring (bicyclic) bond motifs is 1. The molecule has 140 valence electrons. The van der Waals surface area contributed by atoms with Crippen LogP contribution in [0, 0.1) is 5.82 Å². The summed E-state index contributed by atoms with van der Waals surface area (Å²) in [6, 6.07) is 23.2. The number of rotatable bonds is 6. The predicted molar refractivity (Wildman–Crippen MR) is 108 cm³/mol. The van der Waals surface area contributed by atoms with Crippen LogP contribution in [0.25, 0.3) is 22.1 Å². The molecule has 4 heteroatoms. The second kappa shape index (κ2) is 8.19. The SMILES string of the molecule is O=c1c(-c2ccccc2)c(CCOCc2ccccc2)oc2ccc(F)cc12. The van der Waals surface area contributed by atoms with Crippen molar-refractivity contribution < 1.29 is 13.5 Å². The Bertz CT molecular complexity index is 1140. The maximum atomic E-state index is 13.7. The van der Waals surface area contributed by atoms with Crippen LogP contribution in [-0.4, -0.2) is 6.61 Å². The third-order valence-electron chi connectivity index (χ3n) is 4.57. The topological polar surface area (TPSA) is 39.4 Å². The highest BCUT2D eigenvalue weighted by atomic mass is 19.1. The summed E-state index contributed by atoms with van der Waals surface area (Å²) in [6.45, 7) is 0.898. The van der Waals surface area contributed by atoms with Gasteiger partial charge in [-0.25, -0.2) is 4.39 Å². The van der Waals surface area contributed by atoms with Crippen LogP contribution in [-0.2, 0) is 17.8 Å². The summed E-state index contributed by atoms with van der Waals surface area (Å²) in [5.41, 5.74) is 2.44. The van der Waals surface area contributed by atoms with Crippen molar-refractivity contribution in [2.24, 2.45) is 0 Å². The lowest BCUT2D eigenvalue weighted by Gasteiger charge is -2.11. The van der Waals surface area contributed by atoms with Crippen LogP contribution in [0.15, 0.2) is 88.1 Å². The van der Waals surface area contributed by atoms with Crippen LogP contribution >= 0.6 is 0 Å². The number of hydrogen-bond acceptors (Lipinski definition) is 3. The van der Waals surface area contributed by atoms with Crippen molar-refractivity contribution in [2.75, 3.05) is 6.61 Å². The van der Waals surface area contributed by atoms with Crippen molar-refractivity contribution in [3.8, 4) is 11.1 Å². The Kier molecular flexibility index (Phi) is 5.31. The van der Waals surface area contributed by atoms with Crippen LogP contribution in [0.2, 0.25) is 0 Å². The van der Waals surface area contributed by atoms with Gasteiger partial charge in [-0.3, -0.25) is 4.79 Å². The molecular formula is C24H19FO3. The molecule has 0 spiro atoms. The number of benzene rings is 3. The summed E-state index contributed by atoms with van der Waals surface area (Å²) in [4.78, 5) is 13.1. The van der Waals surface area contributed by atoms with Gasteiger partial charge in [0.1, 0.15) is 17.2 Å². The van der Waals surface area contributed by atoms with Gasteiger partial charge in [0, 0.05) is 6.42 Å². The Labute approximate surface area is 162 Å². The van der Waals surface area contributed by atoms with Crippen LogP contribution < -0.4 is 5.43 Å². The minimum Gasteiger partial charge on any atom is -0.460 e. The molecule has 0 aliphatic rings. The molecule has 0 aliphatic heterocycles. The molecule has 0 bridgehead atoms. The molecule has 0 saturated heterocycles. The highest BCUT2D eigenvalue weighted by Crippen LogP contribution is 2.25. The lowest BCUT2D eigenvalue weighted by molar-refractivity contribution is 0.120. The third kappa shape index (κ3) is 3.87. The molecule has 0 atom stereocenters. The quantitative estimate of drug-likeness (QED) is 0.427. The van der Waals surface area contributed by atoms with Gasteiger partial charge in [0.25, 0.3) is 0 Å². The van der Waals surface area contributed by atoms with Crippen LogP contribution in [0.3, 0.4) is 0 Å². The van der Waals surface area contributed by atoms with E-state index in [9.17, 15) is 9.18 Å². The number of hydrogen-bond donors (Lipinski definition) is 0. The maximum Gasteiger partial charge on any atom is 0.200 e. The van der Waals surface area contributed by atoms with Crippen molar-refractivity contribution in [3.05, 3.63) is 106 Å². The van der Waals surface area contributed by atoms with E-state index in [1.165, 1.54) is 18.2 Å². The smallest absolute Gasteiger partial charge is 0.200 e. The molecule has 0 unspecified atom stereocenters. The van der Waals surface area contributed by atoms with Gasteiger partial charge in [-0.15, -0.1) is 0 Å². The van der Waals surface area contributed by atoms with Gasteiger partial charge in [0.15, 0.2) is 0 Å². The largest absolute Gasteiger partial charge is 0.460 e. The first-order valence-corrected chi connectivity index (χ1v) is 9.15. The summed E-state index contributed by atoms with van der Waals surface area (Å²) in [7, 11) is 0. The Morgan fingerprint density at radius 3 is 2.36 bits per heavy atom. The predicted octanol–water partition coefficient (Wildman–Crippen LogP) is 5.36. The van der Waals surface area contributed by atoms with E-state index >= 15 is 0 Å². The van der Waals surface area contributed by atoms with Crippen molar-refractivity contribution in [1.29, 1.82) is 0 Å². The Hall–Kier alpha value is -3.24. The normalized spacial score (nSPS) is 11.0. The van der Waals surface area contributed by atoms with Crippen molar-refractivity contribution >= 4 is 11.0 Å². The molecule has 28 heavy (non-hydrogen) atoms. The van der Waals surface area contributed by atoms with E-state index in [0.29, 0.717) is 36.5 Å². The zero-order valence-electron chi connectivity index (χ0n) is 15.2. The van der Waals surface area contributed by atoms with E-state index in [-0.39, 0.29) is 10.8 Å². The molecule has 0 saturated carbocycles. The van der Waals surface area contributed by atoms with Gasteiger partial charge in [-0.2, -0.15) is 0 Å². The lowest BCUT2D eigenvalue weighted by Crippen LogP contribution is -2.11. The summed E-state index contributed by atoms with van der Waals surface area (Å²) < 4.78 is 25.4. The third-order valence-corrected chi connectivity index (χ3v) is 4.57. The zero-order valence-corrected chi connectivity index (χ0v) is 15.2. The Morgan fingerprint density at radius 2 is 1.61 bits per heavy atom. The summed E-state index contributed by atoms with van der Waals surface area (Å²) >= 11 is 0. The van der Waals surface area contributed by atoms with Crippen molar-refractivity contribution in [3.63, 3.8) is 0 Å². The Balaban J connectivity index is 1.66. The molecule has 0 amide bonds. The van der Waals surface area contributed by atoms with Crippen LogP contribution in [0.1, 0.15) is 11.3 Å². The summed E-state index contributed by atoms with van der Waals surface area (Å²) in [5, 5.41) is 0.243. The minimum absolute atomic E-state index is 0.231. The van der Waals surface area contributed by atoms with Crippen LogP contribution in [0.4, 0.5) is 4.39 Å². The fourth-order valence-corrected chi connectivity index (χ4v) is 3.22. The van der Waals surface area contributed by atoms with E-state index in [1.54, 1.807) is 0 Å². The van der Waals surface area contributed by atoms with Crippen molar-refractivity contribution in [2.45, 2.75) is 13.0 Å². The molecule has 3 aromatic carbocycles. The van der Waals surface area contributed by atoms with E-state index in [2.05, 4.69) is 0 Å². The molecule has 4 rings (SSSR count). The highest BCUT2D eigenvalue weighted by Gasteiger charge is 2.16. The van der Waals surface area contributed by atoms with E-state index in [0.717, 1.165) is 11.1 Å². The van der Waals surface area contributed by atoms with Crippen LogP contribution in [0.5, 0.6) is 0 Å². The highest BCUT2D eigenvalue weighted by molar-refractivity contribution is 5.82. The first-order chi connectivity index (χ1) is 13.7.